The van der Waals surface area contributed by atoms with Crippen molar-refractivity contribution in [2.45, 2.75) is 64.8 Å². The first kappa shape index (κ1) is 18.8. The first-order valence-electron chi connectivity index (χ1n) is 11.0. The maximum atomic E-state index is 4.72. The molecule has 0 saturated carbocycles. The van der Waals surface area contributed by atoms with Gasteiger partial charge in [-0.3, -0.25) is 0 Å². The SMILES string of the molecule is CCCCCCCCc1ccc(CN2C3=[N+]=CCCN3c3ccccc32)cc1. The number of hydrogen-bond acceptors (Lipinski definition) is 2. The van der Waals surface area contributed by atoms with E-state index < -0.39 is 0 Å². The van der Waals surface area contributed by atoms with Crippen LogP contribution >= 0.6 is 0 Å². The smallest absolute Gasteiger partial charge is 0.247 e. The molecule has 3 heteroatoms. The second-order valence-corrected chi connectivity index (χ2v) is 7.96. The van der Waals surface area contributed by atoms with Crippen molar-refractivity contribution in [3.05, 3.63) is 59.7 Å². The predicted molar refractivity (Wildman–Crippen MR) is 121 cm³/mol. The molecule has 0 fully saturated rings. The van der Waals surface area contributed by atoms with E-state index in [2.05, 4.69) is 65.3 Å². The Morgan fingerprint density at radius 1 is 0.821 bits per heavy atom. The molecular weight excluding hydrogens is 342 g/mol. The zero-order valence-electron chi connectivity index (χ0n) is 17.1. The molecule has 0 N–H and O–H groups in total. The number of unbranched alkanes of at least 4 members (excludes halogenated alkanes) is 5. The maximum Gasteiger partial charge on any atom is 0.453 e. The van der Waals surface area contributed by atoms with Crippen molar-refractivity contribution in [2.24, 2.45) is 0 Å². The van der Waals surface area contributed by atoms with E-state index in [9.17, 15) is 0 Å². The summed E-state index contributed by atoms with van der Waals surface area (Å²) in [5, 5.41) is 0. The van der Waals surface area contributed by atoms with E-state index in [0.717, 1.165) is 25.5 Å². The summed E-state index contributed by atoms with van der Waals surface area (Å²) in [6.07, 6.45) is 12.4. The third-order valence-corrected chi connectivity index (χ3v) is 5.82. The van der Waals surface area contributed by atoms with Crippen LogP contribution in [-0.4, -0.2) is 18.7 Å². The molecule has 0 bridgehead atoms. The molecule has 3 nitrogen and oxygen atoms in total. The minimum absolute atomic E-state index is 0.873. The highest BCUT2D eigenvalue weighted by molar-refractivity contribution is 6.16. The highest BCUT2D eigenvalue weighted by Crippen LogP contribution is 2.37. The van der Waals surface area contributed by atoms with Crippen molar-refractivity contribution in [1.29, 1.82) is 0 Å². The van der Waals surface area contributed by atoms with Crippen molar-refractivity contribution in [3.8, 4) is 0 Å². The van der Waals surface area contributed by atoms with Crippen molar-refractivity contribution >= 4 is 23.5 Å². The Balaban J connectivity index is 1.38. The van der Waals surface area contributed by atoms with E-state index in [1.807, 2.05) is 6.21 Å². The van der Waals surface area contributed by atoms with Crippen LogP contribution in [0.4, 0.5) is 11.4 Å². The van der Waals surface area contributed by atoms with Crippen molar-refractivity contribution in [2.75, 3.05) is 16.3 Å². The topological polar surface area (TPSA) is 20.6 Å². The monoisotopic (exact) mass is 374 g/mol. The van der Waals surface area contributed by atoms with Crippen LogP contribution in [0.5, 0.6) is 0 Å². The fourth-order valence-corrected chi connectivity index (χ4v) is 4.23. The van der Waals surface area contributed by atoms with E-state index in [1.165, 1.54) is 67.4 Å². The lowest BCUT2D eigenvalue weighted by molar-refractivity contribution is 0.607. The molecule has 0 unspecified atom stereocenters. The first-order valence-corrected chi connectivity index (χ1v) is 11.0. The number of anilines is 2. The Morgan fingerprint density at radius 3 is 2.36 bits per heavy atom. The fourth-order valence-electron chi connectivity index (χ4n) is 4.23. The lowest BCUT2D eigenvalue weighted by atomic mass is 10.0. The van der Waals surface area contributed by atoms with E-state index in [4.69, 9.17) is 4.67 Å². The Hall–Kier alpha value is -2.51. The lowest BCUT2D eigenvalue weighted by Crippen LogP contribution is -2.42. The highest BCUT2D eigenvalue weighted by Gasteiger charge is 2.42. The first-order chi connectivity index (χ1) is 13.9. The number of para-hydroxylation sites is 2. The van der Waals surface area contributed by atoms with Gasteiger partial charge in [0.15, 0.2) is 0 Å². The average molecular weight is 375 g/mol. The number of hydrogen-bond donors (Lipinski definition) is 0. The number of aryl methyl sites for hydroxylation is 1. The van der Waals surface area contributed by atoms with E-state index in [-0.39, 0.29) is 0 Å². The predicted octanol–water partition coefficient (Wildman–Crippen LogP) is 5.31. The van der Waals surface area contributed by atoms with Crippen LogP contribution in [0, 0.1) is 0 Å². The van der Waals surface area contributed by atoms with Gasteiger partial charge in [-0.25, -0.2) is 14.5 Å². The van der Waals surface area contributed by atoms with E-state index >= 15 is 0 Å². The summed E-state index contributed by atoms with van der Waals surface area (Å²) in [4.78, 5) is 4.70. The van der Waals surface area contributed by atoms with Crippen LogP contribution in [0.25, 0.3) is 0 Å². The molecule has 2 aromatic rings. The summed E-state index contributed by atoms with van der Waals surface area (Å²) in [5.74, 6) is 1.07. The van der Waals surface area contributed by atoms with Gasteiger partial charge in [-0.15, -0.1) is 0 Å². The number of benzene rings is 2. The molecule has 0 radical (unpaired) electrons. The van der Waals surface area contributed by atoms with Crippen molar-refractivity contribution in [1.82, 2.24) is 4.67 Å². The van der Waals surface area contributed by atoms with Crippen molar-refractivity contribution in [3.63, 3.8) is 0 Å². The minimum Gasteiger partial charge on any atom is -0.247 e. The molecule has 0 saturated heterocycles. The molecule has 0 spiro atoms. The molecule has 0 aliphatic carbocycles. The van der Waals surface area contributed by atoms with Crippen LogP contribution in [0.3, 0.4) is 0 Å². The summed E-state index contributed by atoms with van der Waals surface area (Å²) in [6, 6.07) is 17.9. The second-order valence-electron chi connectivity index (χ2n) is 7.96. The molecule has 0 amide bonds. The van der Waals surface area contributed by atoms with Gasteiger partial charge in [-0.05, 0) is 36.1 Å². The second kappa shape index (κ2) is 9.12. The van der Waals surface area contributed by atoms with Gasteiger partial charge in [0.25, 0.3) is 0 Å². The zero-order valence-corrected chi connectivity index (χ0v) is 17.1. The van der Waals surface area contributed by atoms with E-state index in [0.29, 0.717) is 0 Å². The van der Waals surface area contributed by atoms with Gasteiger partial charge in [0.05, 0.1) is 13.1 Å². The summed E-state index contributed by atoms with van der Waals surface area (Å²) < 4.78 is 4.72. The molecule has 28 heavy (non-hydrogen) atoms. The van der Waals surface area contributed by atoms with Gasteiger partial charge in [-0.2, -0.15) is 0 Å². The standard InChI is InChI=1S/C25H32N3/c1-2-3-4-5-6-7-11-21-14-16-22(17-15-21)20-28-24-13-9-8-12-23(24)27-19-10-18-26-25(27)28/h8-9,12-18H,2-7,10-11,19-20H2,1H3/q+1. The van der Waals surface area contributed by atoms with E-state index in [1.54, 1.807) is 0 Å². The Labute approximate surface area is 169 Å². The van der Waals surface area contributed by atoms with Crippen LogP contribution in [0.2, 0.25) is 0 Å². The minimum atomic E-state index is 0.873. The van der Waals surface area contributed by atoms with Gasteiger partial charge in [0.2, 0.25) is 0 Å². The summed E-state index contributed by atoms with van der Waals surface area (Å²) in [6.45, 7) is 4.17. The largest absolute Gasteiger partial charge is 0.453 e. The highest BCUT2D eigenvalue weighted by atomic mass is 15.4. The molecule has 2 heterocycles. The molecule has 146 valence electrons. The summed E-state index contributed by atoms with van der Waals surface area (Å²) >= 11 is 0. The summed E-state index contributed by atoms with van der Waals surface area (Å²) in [7, 11) is 0. The molecule has 2 aliphatic heterocycles. The third-order valence-electron chi connectivity index (χ3n) is 5.82. The van der Waals surface area contributed by atoms with Gasteiger partial charge in [0, 0.05) is 6.42 Å². The molecule has 2 aliphatic rings. The van der Waals surface area contributed by atoms with Crippen LogP contribution in [0.15, 0.2) is 48.5 Å². The number of fused-ring (bicyclic) bond motifs is 3. The molecule has 0 aromatic heterocycles. The zero-order chi connectivity index (χ0) is 19.2. The Bertz CT molecular complexity index is 846. The number of nitrogens with zero attached hydrogens (tertiary/aromatic N) is 3. The third kappa shape index (κ3) is 4.15. The fraction of sp³-hybridized carbons (Fsp3) is 0.440. The summed E-state index contributed by atoms with van der Waals surface area (Å²) in [5.41, 5.74) is 5.37. The Kier molecular flexibility index (Phi) is 6.14. The lowest BCUT2D eigenvalue weighted by Gasteiger charge is -2.14. The normalized spacial score (nSPS) is 14.8. The molecule has 2 aromatic carbocycles. The quantitative estimate of drug-likeness (QED) is 0.438. The Morgan fingerprint density at radius 2 is 1.54 bits per heavy atom. The average Bonchev–Trinajstić information content (AvgIpc) is 3.06. The van der Waals surface area contributed by atoms with Gasteiger partial charge < -0.3 is 0 Å². The van der Waals surface area contributed by atoms with Crippen LogP contribution in [-0.2, 0) is 13.0 Å². The maximum absolute atomic E-state index is 4.72. The van der Waals surface area contributed by atoms with Gasteiger partial charge in [-0.1, -0.05) is 75.4 Å². The van der Waals surface area contributed by atoms with Gasteiger partial charge >= 0.3 is 5.96 Å². The number of rotatable bonds is 9. The molecule has 0 atom stereocenters. The van der Waals surface area contributed by atoms with Crippen LogP contribution in [0.1, 0.15) is 63.0 Å². The molecule has 4 rings (SSSR count). The van der Waals surface area contributed by atoms with Crippen LogP contribution < -0.4 is 14.5 Å². The van der Waals surface area contributed by atoms with Gasteiger partial charge in [0.1, 0.15) is 17.6 Å². The number of guanidine groups is 1. The van der Waals surface area contributed by atoms with Crippen molar-refractivity contribution < 1.29 is 0 Å². The molecular formula is C25H32N3+.